The maximum absolute atomic E-state index is 11.4. The molecule has 26 heavy (non-hydrogen) atoms. The molecule has 0 bridgehead atoms. The quantitative estimate of drug-likeness (QED) is 0.549. The van der Waals surface area contributed by atoms with Gasteiger partial charge >= 0.3 is 5.97 Å². The van der Waals surface area contributed by atoms with E-state index in [9.17, 15) is 9.90 Å². The van der Waals surface area contributed by atoms with Crippen LogP contribution in [-0.2, 0) is 6.54 Å². The van der Waals surface area contributed by atoms with Crippen molar-refractivity contribution in [3.8, 4) is 11.1 Å². The lowest BCUT2D eigenvalue weighted by Gasteiger charge is -2.09. The van der Waals surface area contributed by atoms with Gasteiger partial charge < -0.3 is 9.67 Å². The van der Waals surface area contributed by atoms with Crippen molar-refractivity contribution in [2.45, 2.75) is 6.54 Å². The fourth-order valence-electron chi connectivity index (χ4n) is 3.09. The van der Waals surface area contributed by atoms with E-state index in [2.05, 4.69) is 4.98 Å². The lowest BCUT2D eigenvalue weighted by atomic mass is 9.99. The van der Waals surface area contributed by atoms with Gasteiger partial charge in [-0.2, -0.15) is 0 Å². The summed E-state index contributed by atoms with van der Waals surface area (Å²) in [6.45, 7) is 0.597. The van der Waals surface area contributed by atoms with Gasteiger partial charge in [-0.15, -0.1) is 0 Å². The summed E-state index contributed by atoms with van der Waals surface area (Å²) >= 11 is 6.29. The highest BCUT2D eigenvalue weighted by Crippen LogP contribution is 2.25. The van der Waals surface area contributed by atoms with Gasteiger partial charge in [0.2, 0.25) is 5.28 Å². The Morgan fingerprint density at radius 1 is 0.962 bits per heavy atom. The van der Waals surface area contributed by atoms with Crippen LogP contribution < -0.4 is 0 Å². The van der Waals surface area contributed by atoms with E-state index in [1.54, 1.807) is 12.1 Å². The van der Waals surface area contributed by atoms with Gasteiger partial charge in [0.05, 0.1) is 23.1 Å². The molecule has 4 nitrogen and oxygen atoms in total. The summed E-state index contributed by atoms with van der Waals surface area (Å²) in [6.07, 6.45) is 0. The zero-order chi connectivity index (χ0) is 18.1. The van der Waals surface area contributed by atoms with Crippen molar-refractivity contribution in [2.24, 2.45) is 0 Å². The van der Waals surface area contributed by atoms with Crippen molar-refractivity contribution in [3.05, 3.63) is 89.2 Å². The Bertz CT molecular complexity index is 1100. The zero-order valence-electron chi connectivity index (χ0n) is 13.8. The molecule has 0 unspecified atom stereocenters. The number of hydrogen-bond donors (Lipinski definition) is 1. The van der Waals surface area contributed by atoms with Crippen LogP contribution in [0.2, 0.25) is 5.28 Å². The van der Waals surface area contributed by atoms with Gasteiger partial charge in [-0.25, -0.2) is 9.78 Å². The molecule has 3 aromatic carbocycles. The average molecular weight is 363 g/mol. The fraction of sp³-hybridized carbons (Fsp3) is 0.0476. The molecule has 0 saturated heterocycles. The standard InChI is InChI=1S/C21H15ClN2O2/c22-21-23-18-7-3-4-8-19(18)24(21)13-14-9-11-15(12-10-14)16-5-1-2-6-17(16)20(25)26/h1-12H,13H2,(H,25,26). The smallest absolute Gasteiger partial charge is 0.336 e. The number of halogens is 1. The monoisotopic (exact) mass is 362 g/mol. The first-order valence-corrected chi connectivity index (χ1v) is 8.53. The number of carbonyl (C=O) groups is 1. The lowest BCUT2D eigenvalue weighted by molar-refractivity contribution is 0.0697. The van der Waals surface area contributed by atoms with Crippen molar-refractivity contribution in [3.63, 3.8) is 0 Å². The number of rotatable bonds is 4. The molecular weight excluding hydrogens is 348 g/mol. The van der Waals surface area contributed by atoms with E-state index in [0.717, 1.165) is 22.2 Å². The third kappa shape index (κ3) is 2.95. The molecule has 0 atom stereocenters. The molecule has 0 saturated carbocycles. The van der Waals surface area contributed by atoms with E-state index in [4.69, 9.17) is 11.6 Å². The molecule has 128 valence electrons. The van der Waals surface area contributed by atoms with E-state index < -0.39 is 5.97 Å². The maximum atomic E-state index is 11.4. The fourth-order valence-corrected chi connectivity index (χ4v) is 3.33. The van der Waals surface area contributed by atoms with Crippen LogP contribution in [0.4, 0.5) is 0 Å². The second kappa shape index (κ2) is 6.65. The largest absolute Gasteiger partial charge is 0.478 e. The van der Waals surface area contributed by atoms with Crippen molar-refractivity contribution >= 4 is 28.6 Å². The molecule has 4 aromatic rings. The number of fused-ring (bicyclic) bond motifs is 1. The van der Waals surface area contributed by atoms with Gasteiger partial charge in [0, 0.05) is 0 Å². The summed E-state index contributed by atoms with van der Waals surface area (Å²) < 4.78 is 1.96. The number of hydrogen-bond acceptors (Lipinski definition) is 2. The number of aromatic carboxylic acids is 1. The predicted octanol–water partition coefficient (Wildman–Crippen LogP) is 5.10. The van der Waals surface area contributed by atoms with Crippen LogP contribution >= 0.6 is 11.6 Å². The number of imidazole rings is 1. The van der Waals surface area contributed by atoms with Gasteiger partial charge in [-0.05, 0) is 46.5 Å². The van der Waals surface area contributed by atoms with E-state index in [0.29, 0.717) is 23.0 Å². The summed E-state index contributed by atoms with van der Waals surface area (Å²) in [5.41, 5.74) is 4.78. The molecule has 4 rings (SSSR count). The maximum Gasteiger partial charge on any atom is 0.336 e. The molecule has 0 amide bonds. The molecule has 0 spiro atoms. The van der Waals surface area contributed by atoms with Crippen molar-refractivity contribution < 1.29 is 9.90 Å². The van der Waals surface area contributed by atoms with E-state index in [1.165, 1.54) is 0 Å². The highest BCUT2D eigenvalue weighted by Gasteiger charge is 2.12. The van der Waals surface area contributed by atoms with E-state index in [-0.39, 0.29) is 0 Å². The lowest BCUT2D eigenvalue weighted by Crippen LogP contribution is -2.01. The van der Waals surface area contributed by atoms with Crippen LogP contribution in [0.5, 0.6) is 0 Å². The van der Waals surface area contributed by atoms with Gasteiger partial charge in [0.15, 0.2) is 0 Å². The second-order valence-electron chi connectivity index (χ2n) is 6.00. The first-order chi connectivity index (χ1) is 12.6. The van der Waals surface area contributed by atoms with E-state index in [1.807, 2.05) is 65.2 Å². The Morgan fingerprint density at radius 3 is 2.42 bits per heavy atom. The van der Waals surface area contributed by atoms with Gasteiger partial charge in [0.25, 0.3) is 0 Å². The van der Waals surface area contributed by atoms with Crippen LogP contribution in [0.3, 0.4) is 0 Å². The Hall–Kier alpha value is -3.11. The summed E-state index contributed by atoms with van der Waals surface area (Å²) in [7, 11) is 0. The Labute approximate surface area is 155 Å². The molecule has 0 aliphatic rings. The number of aromatic nitrogens is 2. The van der Waals surface area contributed by atoms with Crippen LogP contribution in [-0.4, -0.2) is 20.6 Å². The first kappa shape index (κ1) is 16.4. The first-order valence-electron chi connectivity index (χ1n) is 8.16. The summed E-state index contributed by atoms with van der Waals surface area (Å²) in [4.78, 5) is 15.8. The zero-order valence-corrected chi connectivity index (χ0v) is 14.5. The molecule has 1 N–H and O–H groups in total. The third-order valence-corrected chi connectivity index (χ3v) is 4.66. The number of carboxylic acids is 1. The number of benzene rings is 3. The average Bonchev–Trinajstić information content (AvgIpc) is 2.98. The van der Waals surface area contributed by atoms with Crippen LogP contribution in [0.15, 0.2) is 72.8 Å². The molecular formula is C21H15ClN2O2. The van der Waals surface area contributed by atoms with E-state index >= 15 is 0 Å². The minimum atomic E-state index is -0.929. The molecule has 0 fully saturated rings. The molecule has 0 aliphatic heterocycles. The molecule has 1 heterocycles. The summed E-state index contributed by atoms with van der Waals surface area (Å²) in [5, 5.41) is 9.81. The van der Waals surface area contributed by atoms with Crippen molar-refractivity contribution in [2.75, 3.05) is 0 Å². The highest BCUT2D eigenvalue weighted by atomic mass is 35.5. The Balaban J connectivity index is 1.67. The normalized spacial score (nSPS) is 11.0. The second-order valence-corrected chi connectivity index (χ2v) is 6.34. The summed E-state index contributed by atoms with van der Waals surface area (Å²) in [6, 6.07) is 22.7. The topological polar surface area (TPSA) is 55.1 Å². The van der Waals surface area contributed by atoms with Gasteiger partial charge in [-0.3, -0.25) is 0 Å². The van der Waals surface area contributed by atoms with Crippen LogP contribution in [0.25, 0.3) is 22.2 Å². The molecule has 0 radical (unpaired) electrons. The Kier molecular flexibility index (Phi) is 4.19. The van der Waals surface area contributed by atoms with Gasteiger partial charge in [-0.1, -0.05) is 54.6 Å². The predicted molar refractivity (Wildman–Crippen MR) is 103 cm³/mol. The SMILES string of the molecule is O=C(O)c1ccccc1-c1ccc(Cn2c(Cl)nc3ccccc32)cc1. The summed E-state index contributed by atoms with van der Waals surface area (Å²) in [5.74, 6) is -0.929. The van der Waals surface area contributed by atoms with Gasteiger partial charge in [0.1, 0.15) is 0 Å². The highest BCUT2D eigenvalue weighted by molar-refractivity contribution is 6.29. The number of carboxylic acid groups (broad SMARTS) is 1. The van der Waals surface area contributed by atoms with Crippen molar-refractivity contribution in [1.29, 1.82) is 0 Å². The Morgan fingerprint density at radius 2 is 1.65 bits per heavy atom. The molecule has 1 aromatic heterocycles. The third-order valence-electron chi connectivity index (χ3n) is 4.37. The number of para-hydroxylation sites is 2. The van der Waals surface area contributed by atoms with Crippen LogP contribution in [0, 0.1) is 0 Å². The minimum Gasteiger partial charge on any atom is -0.478 e. The van der Waals surface area contributed by atoms with Crippen LogP contribution in [0.1, 0.15) is 15.9 Å². The van der Waals surface area contributed by atoms with Crippen molar-refractivity contribution in [1.82, 2.24) is 9.55 Å². The minimum absolute atomic E-state index is 0.295. The molecule has 5 heteroatoms. The number of nitrogens with zero attached hydrogens (tertiary/aromatic N) is 2. The molecule has 0 aliphatic carbocycles.